The predicted molar refractivity (Wildman–Crippen MR) is 38.6 cm³/mol. The summed E-state index contributed by atoms with van der Waals surface area (Å²) in [4.78, 5) is 0. The molecule has 0 saturated heterocycles. The van der Waals surface area contributed by atoms with Gasteiger partial charge in [0.15, 0.2) is 0 Å². The standard InChI is InChI=1S/C6H14O3S.Na/c1-3-6(4-2)5-10(7,8)9;/h6H,3-5H2,1-2H3,(H,7,8,9);/q;+1/p-1. The van der Waals surface area contributed by atoms with Crippen LogP contribution in [0.3, 0.4) is 0 Å². The van der Waals surface area contributed by atoms with Crippen molar-refractivity contribution in [3.8, 4) is 0 Å². The van der Waals surface area contributed by atoms with E-state index in [2.05, 4.69) is 0 Å². The van der Waals surface area contributed by atoms with Gasteiger partial charge in [-0.2, -0.15) is 0 Å². The van der Waals surface area contributed by atoms with Gasteiger partial charge in [-0.3, -0.25) is 0 Å². The molecule has 0 aliphatic rings. The minimum atomic E-state index is -4.00. The summed E-state index contributed by atoms with van der Waals surface area (Å²) in [6, 6.07) is 0. The molecule has 0 bridgehead atoms. The summed E-state index contributed by atoms with van der Waals surface area (Å²) in [6.07, 6.45) is 1.52. The van der Waals surface area contributed by atoms with E-state index in [4.69, 9.17) is 0 Å². The molecule has 0 aromatic rings. The van der Waals surface area contributed by atoms with E-state index < -0.39 is 10.1 Å². The molecule has 0 unspecified atom stereocenters. The molecule has 0 saturated carbocycles. The van der Waals surface area contributed by atoms with E-state index in [9.17, 15) is 13.0 Å². The second kappa shape index (κ2) is 6.43. The fraction of sp³-hybridized carbons (Fsp3) is 1.00. The molecule has 0 rings (SSSR count). The largest absolute Gasteiger partial charge is 1.00 e. The number of hydrogen-bond acceptors (Lipinski definition) is 3. The molecule has 0 fully saturated rings. The Morgan fingerprint density at radius 2 is 1.64 bits per heavy atom. The van der Waals surface area contributed by atoms with Gasteiger partial charge in [-0.05, 0) is 5.92 Å². The topological polar surface area (TPSA) is 57.2 Å². The van der Waals surface area contributed by atoms with Crippen LogP contribution in [0.25, 0.3) is 0 Å². The SMILES string of the molecule is CCC(CC)CS(=O)(=O)[O-].[Na+]. The second-order valence-corrected chi connectivity index (χ2v) is 3.86. The van der Waals surface area contributed by atoms with Crippen LogP contribution < -0.4 is 29.6 Å². The zero-order valence-corrected chi connectivity index (χ0v) is 10.1. The van der Waals surface area contributed by atoms with Crippen molar-refractivity contribution in [1.82, 2.24) is 0 Å². The Hall–Kier alpha value is 0.910. The van der Waals surface area contributed by atoms with Gasteiger partial charge in [0.25, 0.3) is 0 Å². The minimum absolute atomic E-state index is 0. The maximum Gasteiger partial charge on any atom is 1.00 e. The molecular formula is C6H13NaO3S. The molecule has 5 heteroatoms. The van der Waals surface area contributed by atoms with E-state index in [0.29, 0.717) is 0 Å². The molecule has 0 aromatic heterocycles. The van der Waals surface area contributed by atoms with Crippen LogP contribution in [0.1, 0.15) is 26.7 Å². The van der Waals surface area contributed by atoms with Gasteiger partial charge in [-0.1, -0.05) is 26.7 Å². The summed E-state index contributed by atoms with van der Waals surface area (Å²) >= 11 is 0. The van der Waals surface area contributed by atoms with Crippen molar-refractivity contribution < 1.29 is 42.5 Å². The Balaban J connectivity index is 0. The van der Waals surface area contributed by atoms with E-state index in [0.717, 1.165) is 12.8 Å². The maximum atomic E-state index is 10.2. The quantitative estimate of drug-likeness (QED) is 0.378. The van der Waals surface area contributed by atoms with Crippen molar-refractivity contribution in [3.63, 3.8) is 0 Å². The van der Waals surface area contributed by atoms with Gasteiger partial charge in [0.05, 0.1) is 10.1 Å². The molecule has 0 heterocycles. The first kappa shape index (κ1) is 14.4. The first-order valence-electron chi connectivity index (χ1n) is 3.43. The van der Waals surface area contributed by atoms with Crippen LogP contribution in [-0.2, 0) is 10.1 Å². The second-order valence-electron chi connectivity index (χ2n) is 2.41. The van der Waals surface area contributed by atoms with Crippen molar-refractivity contribution >= 4 is 10.1 Å². The smallest absolute Gasteiger partial charge is 0.748 e. The van der Waals surface area contributed by atoms with Gasteiger partial charge in [-0.15, -0.1) is 0 Å². The van der Waals surface area contributed by atoms with Gasteiger partial charge in [0.1, 0.15) is 0 Å². The molecule has 0 atom stereocenters. The van der Waals surface area contributed by atoms with Crippen LogP contribution in [0.15, 0.2) is 0 Å². The summed E-state index contributed by atoms with van der Waals surface area (Å²) < 4.78 is 30.6. The first-order chi connectivity index (χ1) is 4.49. The number of hydrogen-bond donors (Lipinski definition) is 0. The van der Waals surface area contributed by atoms with Crippen LogP contribution in [0, 0.1) is 5.92 Å². The van der Waals surface area contributed by atoms with E-state index in [-0.39, 0.29) is 41.2 Å². The van der Waals surface area contributed by atoms with Gasteiger partial charge in [0, 0.05) is 5.75 Å². The Bertz CT molecular complexity index is 172. The molecule has 62 valence electrons. The molecule has 0 amide bonds. The molecule has 0 radical (unpaired) electrons. The summed E-state index contributed by atoms with van der Waals surface area (Å²) in [5, 5.41) is 0. The van der Waals surface area contributed by atoms with E-state index in [1.54, 1.807) is 0 Å². The zero-order valence-electron chi connectivity index (χ0n) is 7.33. The Morgan fingerprint density at radius 3 is 1.73 bits per heavy atom. The molecular weight excluding hydrogens is 175 g/mol. The van der Waals surface area contributed by atoms with Crippen molar-refractivity contribution in [3.05, 3.63) is 0 Å². The summed E-state index contributed by atoms with van der Waals surface area (Å²) in [7, 11) is -4.00. The Morgan fingerprint density at radius 1 is 1.27 bits per heavy atom. The fourth-order valence-electron chi connectivity index (χ4n) is 0.813. The molecule has 3 nitrogen and oxygen atoms in total. The summed E-state index contributed by atoms with van der Waals surface area (Å²) in [5.41, 5.74) is 0. The Labute approximate surface area is 90.6 Å². The molecule has 0 N–H and O–H groups in total. The van der Waals surface area contributed by atoms with Crippen LogP contribution in [0.2, 0.25) is 0 Å². The molecule has 0 spiro atoms. The monoisotopic (exact) mass is 188 g/mol. The Kier molecular flexibility index (Phi) is 8.44. The maximum absolute atomic E-state index is 10.2. The van der Waals surface area contributed by atoms with Gasteiger partial charge >= 0.3 is 29.6 Å². The molecule has 0 aromatic carbocycles. The van der Waals surface area contributed by atoms with Crippen molar-refractivity contribution in [1.29, 1.82) is 0 Å². The van der Waals surface area contributed by atoms with Crippen molar-refractivity contribution in [2.45, 2.75) is 26.7 Å². The number of rotatable bonds is 4. The molecule has 0 aliphatic heterocycles. The first-order valence-corrected chi connectivity index (χ1v) is 5.00. The van der Waals surface area contributed by atoms with Gasteiger partial charge in [-0.25, -0.2) is 8.42 Å². The van der Waals surface area contributed by atoms with E-state index in [1.165, 1.54) is 0 Å². The summed E-state index contributed by atoms with van der Waals surface area (Å²) in [5.74, 6) is -0.164. The third-order valence-electron chi connectivity index (χ3n) is 1.59. The van der Waals surface area contributed by atoms with Crippen LogP contribution >= 0.6 is 0 Å². The van der Waals surface area contributed by atoms with Crippen molar-refractivity contribution in [2.24, 2.45) is 5.92 Å². The average Bonchev–Trinajstić information content (AvgIpc) is 1.81. The third-order valence-corrected chi connectivity index (χ3v) is 2.47. The van der Waals surface area contributed by atoms with Crippen molar-refractivity contribution in [2.75, 3.05) is 5.75 Å². The molecule has 11 heavy (non-hydrogen) atoms. The summed E-state index contributed by atoms with van der Waals surface area (Å²) in [6.45, 7) is 3.78. The van der Waals surface area contributed by atoms with E-state index in [1.807, 2.05) is 13.8 Å². The average molecular weight is 188 g/mol. The van der Waals surface area contributed by atoms with E-state index >= 15 is 0 Å². The third kappa shape index (κ3) is 8.82. The predicted octanol–water partition coefficient (Wildman–Crippen LogP) is -2.03. The minimum Gasteiger partial charge on any atom is -0.748 e. The van der Waals surface area contributed by atoms with Crippen LogP contribution in [-0.4, -0.2) is 18.7 Å². The van der Waals surface area contributed by atoms with Crippen LogP contribution in [0.5, 0.6) is 0 Å². The van der Waals surface area contributed by atoms with Gasteiger partial charge < -0.3 is 4.55 Å². The van der Waals surface area contributed by atoms with Gasteiger partial charge in [0.2, 0.25) is 0 Å². The molecule has 0 aliphatic carbocycles. The fourth-order valence-corrected chi connectivity index (χ4v) is 1.86. The van der Waals surface area contributed by atoms with Crippen LogP contribution in [0.4, 0.5) is 0 Å². The normalized spacial score (nSPS) is 11.3. The zero-order chi connectivity index (χ0) is 8.20.